The molecule has 5 heteroatoms. The van der Waals surface area contributed by atoms with E-state index in [1.54, 1.807) is 0 Å². The van der Waals surface area contributed by atoms with Crippen LogP contribution in [0.3, 0.4) is 0 Å². The molecule has 1 N–H and O–H groups in total. The molecule has 1 unspecified atom stereocenters. The van der Waals surface area contributed by atoms with Gasteiger partial charge in [-0.15, -0.1) is 0 Å². The first-order chi connectivity index (χ1) is 16.1. The lowest BCUT2D eigenvalue weighted by molar-refractivity contribution is -0.159. The maximum atomic E-state index is 11.8. The van der Waals surface area contributed by atoms with Crippen molar-refractivity contribution in [3.05, 3.63) is 41.0 Å². The number of carbonyl (C=O) groups is 1. The van der Waals surface area contributed by atoms with Crippen molar-refractivity contribution in [2.45, 2.75) is 72.5 Å². The summed E-state index contributed by atoms with van der Waals surface area (Å²) in [5, 5.41) is 11.8. The molecule has 0 spiro atoms. The summed E-state index contributed by atoms with van der Waals surface area (Å²) in [6.45, 7) is 17.8. The molecule has 1 heterocycles. The van der Waals surface area contributed by atoms with Gasteiger partial charge >= 0.3 is 5.97 Å². The third-order valence-electron chi connectivity index (χ3n) is 8.82. The van der Waals surface area contributed by atoms with E-state index in [2.05, 4.69) is 68.7 Å². The van der Waals surface area contributed by atoms with Crippen LogP contribution in [0.25, 0.3) is 0 Å². The average Bonchev–Trinajstić information content (AvgIpc) is 2.75. The summed E-state index contributed by atoms with van der Waals surface area (Å²) in [4.78, 5) is 16.7. The molecule has 188 valence electrons. The molecule has 0 bridgehead atoms. The van der Waals surface area contributed by atoms with Crippen LogP contribution in [0.2, 0.25) is 0 Å². The van der Waals surface area contributed by atoms with E-state index >= 15 is 0 Å². The predicted octanol–water partition coefficient (Wildman–Crippen LogP) is 4.74. The summed E-state index contributed by atoms with van der Waals surface area (Å²) in [7, 11) is 0. The van der Waals surface area contributed by atoms with Crippen LogP contribution in [0, 0.1) is 37.5 Å². The summed E-state index contributed by atoms with van der Waals surface area (Å²) in [5.74, 6) is 1.03. The maximum absolute atomic E-state index is 11.8. The number of hydrogen-bond donors (Lipinski definition) is 1. The lowest BCUT2D eigenvalue weighted by Crippen LogP contribution is -2.56. The van der Waals surface area contributed by atoms with Crippen molar-refractivity contribution in [1.29, 1.82) is 0 Å². The number of aryl methyl sites for hydroxylation is 2. The highest BCUT2D eigenvalue weighted by Gasteiger charge is 2.52. The van der Waals surface area contributed by atoms with Crippen LogP contribution < -0.4 is 4.90 Å². The smallest absolute Gasteiger partial charge is 0.303 e. The van der Waals surface area contributed by atoms with E-state index in [1.165, 1.54) is 23.7 Å². The Morgan fingerprint density at radius 3 is 2.38 bits per heavy atom. The van der Waals surface area contributed by atoms with Crippen LogP contribution in [-0.2, 0) is 9.53 Å². The van der Waals surface area contributed by atoms with Gasteiger partial charge in [-0.2, -0.15) is 0 Å². The van der Waals surface area contributed by atoms with E-state index in [4.69, 9.17) is 4.74 Å². The second kappa shape index (κ2) is 10.0. The van der Waals surface area contributed by atoms with E-state index in [9.17, 15) is 9.90 Å². The molecule has 0 radical (unpaired) electrons. The Morgan fingerprint density at radius 2 is 1.76 bits per heavy atom. The number of piperazine rings is 1. The molecule has 1 saturated heterocycles. The molecule has 1 aliphatic heterocycles. The fourth-order valence-corrected chi connectivity index (χ4v) is 6.86. The monoisotopic (exact) mass is 468 g/mol. The van der Waals surface area contributed by atoms with Crippen molar-refractivity contribution in [3.8, 4) is 0 Å². The minimum Gasteiger partial charge on any atom is -0.458 e. The molecule has 5 nitrogen and oxygen atoms in total. The van der Waals surface area contributed by atoms with Crippen molar-refractivity contribution in [3.63, 3.8) is 0 Å². The van der Waals surface area contributed by atoms with Crippen molar-refractivity contribution in [2.75, 3.05) is 37.6 Å². The zero-order valence-corrected chi connectivity index (χ0v) is 22.0. The van der Waals surface area contributed by atoms with Gasteiger partial charge in [0.05, 0.1) is 5.60 Å². The number of aliphatic hydroxyl groups is 1. The number of fused-ring (bicyclic) bond motifs is 1. The fourth-order valence-electron chi connectivity index (χ4n) is 6.86. The predicted molar refractivity (Wildman–Crippen MR) is 138 cm³/mol. The first-order valence-electron chi connectivity index (χ1n) is 13.2. The van der Waals surface area contributed by atoms with Crippen molar-refractivity contribution in [2.24, 2.45) is 23.7 Å². The second-order valence-electron chi connectivity index (χ2n) is 11.5. The standard InChI is InChI=1S/C29H44N2O3/c1-19-13-20(2)15-25(14-19)31-11-9-30(10-12-31)18-22(4)26-8-7-23(5)29(33)17-28(34-24(6)32)21(3)16-27(26)29/h13-16,22-23,26-28,33H,7-12,17-18H2,1-6H3/t22?,23-,26+,27-,28-,29-/m1/s1. The number of esters is 1. The van der Waals surface area contributed by atoms with E-state index in [1.807, 2.05) is 0 Å². The van der Waals surface area contributed by atoms with Crippen LogP contribution in [0.1, 0.15) is 58.1 Å². The minimum absolute atomic E-state index is 0.134. The van der Waals surface area contributed by atoms with Gasteiger partial charge in [-0.1, -0.05) is 26.0 Å². The highest BCUT2D eigenvalue weighted by molar-refractivity contribution is 5.66. The third kappa shape index (κ3) is 5.21. The lowest BCUT2D eigenvalue weighted by atomic mass is 9.57. The van der Waals surface area contributed by atoms with Crippen molar-refractivity contribution >= 4 is 11.7 Å². The normalized spacial score (nSPS) is 33.1. The molecule has 6 atom stereocenters. The topological polar surface area (TPSA) is 53.0 Å². The Labute approximate surface area is 206 Å². The second-order valence-corrected chi connectivity index (χ2v) is 11.5. The average molecular weight is 469 g/mol. The fraction of sp³-hybridized carbons (Fsp3) is 0.690. The van der Waals surface area contributed by atoms with Gasteiger partial charge < -0.3 is 14.7 Å². The minimum atomic E-state index is -0.793. The molecule has 1 aromatic rings. The molecule has 3 aliphatic rings. The summed E-state index contributed by atoms with van der Waals surface area (Å²) < 4.78 is 5.56. The van der Waals surface area contributed by atoms with Gasteiger partial charge in [-0.05, 0) is 80.2 Å². The number of rotatable bonds is 5. The van der Waals surface area contributed by atoms with Gasteiger partial charge in [0, 0.05) is 57.7 Å². The molecule has 0 aromatic heterocycles. The zero-order valence-electron chi connectivity index (χ0n) is 22.0. The molecular formula is C29H44N2O3. The molecule has 0 amide bonds. The van der Waals surface area contributed by atoms with Crippen molar-refractivity contribution in [1.82, 2.24) is 4.90 Å². The van der Waals surface area contributed by atoms with Crippen LogP contribution in [0.5, 0.6) is 0 Å². The Bertz CT molecular complexity index is 900. The number of anilines is 1. The zero-order chi connectivity index (χ0) is 24.6. The highest BCUT2D eigenvalue weighted by Crippen LogP contribution is 2.51. The quantitative estimate of drug-likeness (QED) is 0.500. The molecule has 4 rings (SSSR count). The van der Waals surface area contributed by atoms with Crippen LogP contribution in [0.4, 0.5) is 5.69 Å². The van der Waals surface area contributed by atoms with Crippen molar-refractivity contribution < 1.29 is 14.6 Å². The summed E-state index contributed by atoms with van der Waals surface area (Å²) in [6, 6.07) is 6.84. The Morgan fingerprint density at radius 1 is 1.12 bits per heavy atom. The highest BCUT2D eigenvalue weighted by atomic mass is 16.5. The van der Waals surface area contributed by atoms with E-state index in [0.29, 0.717) is 18.3 Å². The van der Waals surface area contributed by atoms with Crippen LogP contribution in [-0.4, -0.2) is 60.4 Å². The SMILES string of the molecule is CC(=O)O[C@@H]1C[C@@]2(O)[C@H](C)CC[C@@H](C(C)CN3CCN(c4cc(C)cc(C)c4)CC3)[C@H]2C=C1C. The Hall–Kier alpha value is -1.85. The first-order valence-corrected chi connectivity index (χ1v) is 13.2. The lowest BCUT2D eigenvalue weighted by Gasteiger charge is -2.53. The van der Waals surface area contributed by atoms with Gasteiger partial charge in [-0.25, -0.2) is 0 Å². The number of ether oxygens (including phenoxy) is 1. The molecule has 2 aliphatic carbocycles. The van der Waals surface area contributed by atoms with Gasteiger partial charge in [0.15, 0.2) is 0 Å². The van der Waals surface area contributed by atoms with Gasteiger partial charge in [0.1, 0.15) is 6.10 Å². The number of hydrogen-bond acceptors (Lipinski definition) is 5. The van der Waals surface area contributed by atoms with Gasteiger partial charge in [0.25, 0.3) is 0 Å². The molecule has 1 aromatic carbocycles. The number of benzene rings is 1. The molecule has 1 saturated carbocycles. The number of carbonyl (C=O) groups excluding carboxylic acids is 1. The maximum Gasteiger partial charge on any atom is 0.303 e. The van der Waals surface area contributed by atoms with Gasteiger partial charge in [0.2, 0.25) is 0 Å². The Balaban J connectivity index is 1.41. The van der Waals surface area contributed by atoms with E-state index in [-0.39, 0.29) is 23.9 Å². The van der Waals surface area contributed by atoms with E-state index < -0.39 is 5.60 Å². The van der Waals surface area contributed by atoms with Crippen LogP contribution in [0.15, 0.2) is 29.8 Å². The molecule has 2 fully saturated rings. The van der Waals surface area contributed by atoms with Crippen LogP contribution >= 0.6 is 0 Å². The summed E-state index contributed by atoms with van der Waals surface area (Å²) in [6.07, 6.45) is 4.65. The Kier molecular flexibility index (Phi) is 7.44. The van der Waals surface area contributed by atoms with E-state index in [0.717, 1.165) is 51.1 Å². The molecule has 34 heavy (non-hydrogen) atoms. The number of nitrogens with zero attached hydrogens (tertiary/aromatic N) is 2. The largest absolute Gasteiger partial charge is 0.458 e. The van der Waals surface area contributed by atoms with Gasteiger partial charge in [-0.3, -0.25) is 9.69 Å². The first kappa shape index (κ1) is 25.2. The molecular weight excluding hydrogens is 424 g/mol. The third-order valence-corrected chi connectivity index (χ3v) is 8.82. The summed E-state index contributed by atoms with van der Waals surface area (Å²) in [5.41, 5.74) is 4.31. The summed E-state index contributed by atoms with van der Waals surface area (Å²) >= 11 is 0.